The normalized spacial score (nSPS) is 23.0. The summed E-state index contributed by atoms with van der Waals surface area (Å²) in [5, 5.41) is 11.9. The number of hydrogen-bond donors (Lipinski definition) is 2. The molecular weight excluding hydrogens is 318 g/mol. The number of carbonyl (C=O) groups excluding carboxylic acids is 1. The van der Waals surface area contributed by atoms with Gasteiger partial charge in [-0.1, -0.05) is 33.6 Å². The van der Waals surface area contributed by atoms with Crippen molar-refractivity contribution in [2.24, 2.45) is 17.3 Å². The fourth-order valence-corrected chi connectivity index (χ4v) is 3.69. The molecule has 0 aromatic rings. The Balaban J connectivity index is 2.56. The number of rotatable bonds is 6. The van der Waals surface area contributed by atoms with Gasteiger partial charge in [-0.3, -0.25) is 4.79 Å². The predicted octanol–water partition coefficient (Wildman–Crippen LogP) is 4.99. The third kappa shape index (κ3) is 9.13. The Bertz CT molecular complexity index is 440. The van der Waals surface area contributed by atoms with Crippen LogP contribution >= 0.6 is 0 Å². The Kier molecular flexibility index (Phi) is 7.76. The van der Waals surface area contributed by atoms with Gasteiger partial charge >= 0.3 is 12.1 Å². The molecule has 2 N–H and O–H groups in total. The molecule has 1 amide bonds. The minimum Gasteiger partial charge on any atom is -0.481 e. The quantitative estimate of drug-likeness (QED) is 0.704. The lowest BCUT2D eigenvalue weighted by Gasteiger charge is -2.38. The third-order valence-electron chi connectivity index (χ3n) is 5.12. The summed E-state index contributed by atoms with van der Waals surface area (Å²) in [7, 11) is 0. The molecular formula is C20H37NO4. The summed E-state index contributed by atoms with van der Waals surface area (Å²) in [6.45, 7) is 12.4. The molecule has 0 saturated heterocycles. The Morgan fingerprint density at radius 2 is 1.64 bits per heavy atom. The molecule has 0 aromatic heterocycles. The molecule has 1 rings (SSSR count). The number of aliphatic carboxylic acids is 1. The number of amides is 1. The summed E-state index contributed by atoms with van der Waals surface area (Å²) in [6, 6.07) is -0.137. The standard InChI is InChI=1S/C20H37NO4/c1-19(2,3)15-9-7-14(8-10-15)13-16(11-12-17(22)23)21-18(24)25-20(4,5)6/h14-16H,7-13H2,1-6H3,(H,21,24)(H,22,23). The van der Waals surface area contributed by atoms with Crippen molar-refractivity contribution in [3.05, 3.63) is 0 Å². The van der Waals surface area contributed by atoms with Crippen LogP contribution in [0.1, 0.15) is 86.5 Å². The topological polar surface area (TPSA) is 75.6 Å². The molecule has 25 heavy (non-hydrogen) atoms. The average Bonchev–Trinajstić information content (AvgIpc) is 2.42. The fraction of sp³-hybridized carbons (Fsp3) is 0.900. The number of carboxylic acids is 1. The highest BCUT2D eigenvalue weighted by Crippen LogP contribution is 2.41. The first-order valence-electron chi connectivity index (χ1n) is 9.58. The minimum atomic E-state index is -0.826. The highest BCUT2D eigenvalue weighted by molar-refractivity contribution is 5.69. The Hall–Kier alpha value is -1.26. The van der Waals surface area contributed by atoms with Crippen molar-refractivity contribution in [1.82, 2.24) is 5.32 Å². The fourth-order valence-electron chi connectivity index (χ4n) is 3.69. The van der Waals surface area contributed by atoms with Crippen molar-refractivity contribution < 1.29 is 19.4 Å². The van der Waals surface area contributed by atoms with E-state index in [9.17, 15) is 9.59 Å². The van der Waals surface area contributed by atoms with Crippen LogP contribution < -0.4 is 5.32 Å². The first kappa shape index (κ1) is 21.8. The van der Waals surface area contributed by atoms with Crippen LogP contribution in [0, 0.1) is 17.3 Å². The van der Waals surface area contributed by atoms with Gasteiger partial charge in [0.1, 0.15) is 5.60 Å². The van der Waals surface area contributed by atoms with Crippen molar-refractivity contribution in [2.75, 3.05) is 0 Å². The van der Waals surface area contributed by atoms with Gasteiger partial charge in [0.25, 0.3) is 0 Å². The van der Waals surface area contributed by atoms with E-state index in [1.807, 2.05) is 20.8 Å². The molecule has 0 spiro atoms. The van der Waals surface area contributed by atoms with Gasteiger partial charge < -0.3 is 15.2 Å². The largest absolute Gasteiger partial charge is 0.481 e. The van der Waals surface area contributed by atoms with Crippen LogP contribution in [-0.4, -0.2) is 28.8 Å². The summed E-state index contributed by atoms with van der Waals surface area (Å²) in [4.78, 5) is 23.0. The minimum absolute atomic E-state index is 0.0673. The molecule has 5 nitrogen and oxygen atoms in total. The summed E-state index contributed by atoms with van der Waals surface area (Å²) in [6.07, 6.45) is 5.64. The van der Waals surface area contributed by atoms with E-state index in [1.165, 1.54) is 12.8 Å². The van der Waals surface area contributed by atoms with Crippen LogP contribution in [0.15, 0.2) is 0 Å². The van der Waals surface area contributed by atoms with E-state index in [-0.39, 0.29) is 12.5 Å². The van der Waals surface area contributed by atoms with Crippen LogP contribution in [0.2, 0.25) is 0 Å². The van der Waals surface area contributed by atoms with Gasteiger partial charge in [-0.2, -0.15) is 0 Å². The molecule has 1 fully saturated rings. The summed E-state index contributed by atoms with van der Waals surface area (Å²) >= 11 is 0. The first-order valence-corrected chi connectivity index (χ1v) is 9.58. The van der Waals surface area contributed by atoms with Crippen molar-refractivity contribution in [3.63, 3.8) is 0 Å². The summed E-state index contributed by atoms with van der Waals surface area (Å²) in [5.41, 5.74) is -0.200. The van der Waals surface area contributed by atoms with E-state index < -0.39 is 17.7 Å². The van der Waals surface area contributed by atoms with Gasteiger partial charge in [-0.05, 0) is 63.7 Å². The number of hydrogen-bond acceptors (Lipinski definition) is 3. The van der Waals surface area contributed by atoms with E-state index in [2.05, 4.69) is 26.1 Å². The number of nitrogens with one attached hydrogen (secondary N) is 1. The van der Waals surface area contributed by atoms with Crippen molar-refractivity contribution >= 4 is 12.1 Å². The van der Waals surface area contributed by atoms with Crippen LogP contribution in [0.5, 0.6) is 0 Å². The number of alkyl carbamates (subject to hydrolysis) is 1. The van der Waals surface area contributed by atoms with E-state index >= 15 is 0 Å². The van der Waals surface area contributed by atoms with Gasteiger partial charge in [0.15, 0.2) is 0 Å². The number of ether oxygens (including phenoxy) is 1. The molecule has 1 aliphatic carbocycles. The summed E-state index contributed by atoms with van der Waals surface area (Å²) in [5.74, 6) is 0.472. The van der Waals surface area contributed by atoms with Crippen molar-refractivity contribution in [1.29, 1.82) is 0 Å². The lowest BCUT2D eigenvalue weighted by molar-refractivity contribution is -0.137. The predicted molar refractivity (Wildman–Crippen MR) is 99.5 cm³/mol. The molecule has 1 atom stereocenters. The average molecular weight is 356 g/mol. The molecule has 0 heterocycles. The lowest BCUT2D eigenvalue weighted by atomic mass is 9.69. The highest BCUT2D eigenvalue weighted by Gasteiger charge is 2.31. The molecule has 1 saturated carbocycles. The third-order valence-corrected chi connectivity index (χ3v) is 5.12. The van der Waals surface area contributed by atoms with Gasteiger partial charge in [-0.15, -0.1) is 0 Å². The smallest absolute Gasteiger partial charge is 0.407 e. The molecule has 1 unspecified atom stereocenters. The maximum atomic E-state index is 12.1. The molecule has 0 bridgehead atoms. The van der Waals surface area contributed by atoms with Gasteiger partial charge in [-0.25, -0.2) is 4.79 Å². The number of carbonyl (C=O) groups is 2. The highest BCUT2D eigenvalue weighted by atomic mass is 16.6. The zero-order chi connectivity index (χ0) is 19.3. The SMILES string of the molecule is CC(C)(C)OC(=O)NC(CCC(=O)O)CC1CCC(C(C)(C)C)CC1. The molecule has 5 heteroatoms. The van der Waals surface area contributed by atoms with E-state index in [0.29, 0.717) is 17.8 Å². The molecule has 1 aliphatic rings. The van der Waals surface area contributed by atoms with Crippen LogP contribution in [0.25, 0.3) is 0 Å². The van der Waals surface area contributed by atoms with E-state index in [1.54, 1.807) is 0 Å². The molecule has 0 radical (unpaired) electrons. The summed E-state index contributed by atoms with van der Waals surface area (Å²) < 4.78 is 5.33. The molecule has 0 aromatic carbocycles. The Morgan fingerprint density at radius 3 is 2.08 bits per heavy atom. The first-order chi connectivity index (χ1) is 11.4. The monoisotopic (exact) mass is 355 g/mol. The second kappa shape index (κ2) is 8.91. The van der Waals surface area contributed by atoms with Crippen molar-refractivity contribution in [2.45, 2.75) is 98.1 Å². The zero-order valence-electron chi connectivity index (χ0n) is 16.9. The molecule has 146 valence electrons. The van der Waals surface area contributed by atoms with Gasteiger partial charge in [0.05, 0.1) is 0 Å². The Morgan fingerprint density at radius 1 is 1.08 bits per heavy atom. The lowest BCUT2D eigenvalue weighted by Crippen LogP contribution is -2.41. The van der Waals surface area contributed by atoms with Crippen LogP contribution in [0.4, 0.5) is 4.79 Å². The maximum absolute atomic E-state index is 12.1. The number of carboxylic acid groups (broad SMARTS) is 1. The Labute approximate surface area is 152 Å². The second-order valence-corrected chi connectivity index (χ2v) is 9.59. The molecule has 0 aliphatic heterocycles. The second-order valence-electron chi connectivity index (χ2n) is 9.59. The maximum Gasteiger partial charge on any atom is 0.407 e. The van der Waals surface area contributed by atoms with Crippen molar-refractivity contribution in [3.8, 4) is 0 Å². The van der Waals surface area contributed by atoms with Crippen LogP contribution in [-0.2, 0) is 9.53 Å². The van der Waals surface area contributed by atoms with E-state index in [0.717, 1.165) is 25.2 Å². The van der Waals surface area contributed by atoms with Crippen LogP contribution in [0.3, 0.4) is 0 Å². The zero-order valence-corrected chi connectivity index (χ0v) is 16.9. The van der Waals surface area contributed by atoms with E-state index in [4.69, 9.17) is 9.84 Å². The van der Waals surface area contributed by atoms with Gasteiger partial charge in [0, 0.05) is 12.5 Å². The van der Waals surface area contributed by atoms with Gasteiger partial charge in [0.2, 0.25) is 0 Å².